The molecule has 2 rings (SSSR count). The van der Waals surface area contributed by atoms with E-state index in [-0.39, 0.29) is 5.82 Å². The van der Waals surface area contributed by atoms with Gasteiger partial charge in [0.1, 0.15) is 11.6 Å². The number of halogens is 1. The zero-order valence-corrected chi connectivity index (χ0v) is 8.16. The van der Waals surface area contributed by atoms with Crippen molar-refractivity contribution < 1.29 is 4.39 Å². The molecule has 0 fully saturated rings. The maximum absolute atomic E-state index is 13.3. The first-order valence-electron chi connectivity index (χ1n) is 4.42. The number of aryl methyl sites for hydroxylation is 2. The van der Waals surface area contributed by atoms with Gasteiger partial charge in [-0.15, -0.1) is 0 Å². The van der Waals surface area contributed by atoms with Crippen LogP contribution in [0.4, 0.5) is 4.39 Å². The number of aromatic nitrogens is 2. The summed E-state index contributed by atoms with van der Waals surface area (Å²) >= 11 is 0. The average molecular weight is 190 g/mol. The van der Waals surface area contributed by atoms with E-state index in [1.165, 1.54) is 6.07 Å². The molecule has 0 amide bonds. The molecule has 14 heavy (non-hydrogen) atoms. The quantitative estimate of drug-likeness (QED) is 0.675. The normalized spacial score (nSPS) is 10.5. The van der Waals surface area contributed by atoms with Crippen LogP contribution in [-0.2, 0) is 7.05 Å². The minimum absolute atomic E-state index is 0.189. The average Bonchev–Trinajstić information content (AvgIpc) is 2.57. The largest absolute Gasteiger partial charge is 0.334 e. The van der Waals surface area contributed by atoms with Crippen molar-refractivity contribution in [3.05, 3.63) is 42.0 Å². The molecule has 0 aliphatic rings. The van der Waals surface area contributed by atoms with Gasteiger partial charge < -0.3 is 4.57 Å². The Morgan fingerprint density at radius 1 is 1.36 bits per heavy atom. The molecule has 72 valence electrons. The second-order valence-electron chi connectivity index (χ2n) is 3.33. The molecule has 1 aromatic heterocycles. The summed E-state index contributed by atoms with van der Waals surface area (Å²) in [4.78, 5) is 4.15. The van der Waals surface area contributed by atoms with Crippen LogP contribution in [0, 0.1) is 12.7 Å². The van der Waals surface area contributed by atoms with Gasteiger partial charge in [0.25, 0.3) is 0 Å². The van der Waals surface area contributed by atoms with E-state index >= 15 is 0 Å². The van der Waals surface area contributed by atoms with E-state index < -0.39 is 0 Å². The summed E-state index contributed by atoms with van der Waals surface area (Å²) in [6, 6.07) is 5.15. The van der Waals surface area contributed by atoms with Gasteiger partial charge in [-0.25, -0.2) is 9.37 Å². The van der Waals surface area contributed by atoms with E-state index in [0.29, 0.717) is 5.56 Å². The molecule has 2 nitrogen and oxygen atoms in total. The number of rotatable bonds is 1. The number of imidazole rings is 1. The van der Waals surface area contributed by atoms with Crippen LogP contribution >= 0.6 is 0 Å². The van der Waals surface area contributed by atoms with Crippen molar-refractivity contribution in [1.29, 1.82) is 0 Å². The molecule has 1 heterocycles. The van der Waals surface area contributed by atoms with Crippen molar-refractivity contribution in [3.63, 3.8) is 0 Å². The number of hydrogen-bond acceptors (Lipinski definition) is 1. The highest BCUT2D eigenvalue weighted by atomic mass is 19.1. The van der Waals surface area contributed by atoms with E-state index in [2.05, 4.69) is 4.98 Å². The van der Waals surface area contributed by atoms with Crippen LogP contribution in [0.3, 0.4) is 0 Å². The Kier molecular flexibility index (Phi) is 2.08. The third-order valence-corrected chi connectivity index (χ3v) is 2.25. The minimum Gasteiger partial charge on any atom is -0.334 e. The number of nitrogens with zero attached hydrogens (tertiary/aromatic N) is 2. The number of hydrogen-bond donors (Lipinski definition) is 0. The van der Waals surface area contributed by atoms with Crippen LogP contribution < -0.4 is 0 Å². The van der Waals surface area contributed by atoms with Gasteiger partial charge in [0, 0.05) is 25.0 Å². The van der Waals surface area contributed by atoms with E-state index in [4.69, 9.17) is 0 Å². The van der Waals surface area contributed by atoms with E-state index in [9.17, 15) is 4.39 Å². The smallest absolute Gasteiger partial charge is 0.139 e. The van der Waals surface area contributed by atoms with Gasteiger partial charge in [0.15, 0.2) is 0 Å². The molecule has 0 aliphatic heterocycles. The minimum atomic E-state index is -0.189. The summed E-state index contributed by atoms with van der Waals surface area (Å²) < 4.78 is 15.1. The summed E-state index contributed by atoms with van der Waals surface area (Å²) in [6.45, 7) is 1.75. The number of benzene rings is 1. The second kappa shape index (κ2) is 3.25. The Bertz CT molecular complexity index is 460. The molecule has 0 spiro atoms. The third-order valence-electron chi connectivity index (χ3n) is 2.25. The second-order valence-corrected chi connectivity index (χ2v) is 3.33. The molecule has 0 saturated carbocycles. The fraction of sp³-hybridized carbons (Fsp3) is 0.182. The summed E-state index contributed by atoms with van der Waals surface area (Å²) in [6.07, 6.45) is 3.54. The summed E-state index contributed by atoms with van der Waals surface area (Å²) in [5.41, 5.74) is 1.46. The van der Waals surface area contributed by atoms with Crippen molar-refractivity contribution in [1.82, 2.24) is 9.55 Å². The Morgan fingerprint density at radius 3 is 2.71 bits per heavy atom. The Morgan fingerprint density at radius 2 is 2.14 bits per heavy atom. The van der Waals surface area contributed by atoms with E-state index in [1.807, 2.05) is 23.9 Å². The lowest BCUT2D eigenvalue weighted by molar-refractivity contribution is 0.619. The van der Waals surface area contributed by atoms with Crippen LogP contribution in [0.5, 0.6) is 0 Å². The Balaban J connectivity index is 2.53. The molecule has 0 unspecified atom stereocenters. The lowest BCUT2D eigenvalue weighted by Gasteiger charge is -2.03. The SMILES string of the molecule is Cc1ccc(-c2nccn2C)cc1F. The van der Waals surface area contributed by atoms with Crippen molar-refractivity contribution in [2.45, 2.75) is 6.92 Å². The van der Waals surface area contributed by atoms with Gasteiger partial charge in [0.05, 0.1) is 0 Å². The summed E-state index contributed by atoms with van der Waals surface area (Å²) in [5.74, 6) is 0.592. The van der Waals surface area contributed by atoms with E-state index in [0.717, 1.165) is 11.4 Å². The predicted octanol–water partition coefficient (Wildman–Crippen LogP) is 2.53. The molecule has 0 N–H and O–H groups in total. The zero-order valence-electron chi connectivity index (χ0n) is 8.16. The molecule has 0 radical (unpaired) electrons. The van der Waals surface area contributed by atoms with Gasteiger partial charge in [-0.3, -0.25) is 0 Å². The first-order valence-corrected chi connectivity index (χ1v) is 4.42. The molecular formula is C11H11FN2. The first-order chi connectivity index (χ1) is 6.68. The lowest BCUT2D eigenvalue weighted by atomic mass is 10.1. The molecule has 0 aliphatic carbocycles. The maximum atomic E-state index is 13.3. The lowest BCUT2D eigenvalue weighted by Crippen LogP contribution is -1.92. The van der Waals surface area contributed by atoms with Gasteiger partial charge in [-0.2, -0.15) is 0 Å². The highest BCUT2D eigenvalue weighted by Crippen LogP contribution is 2.19. The van der Waals surface area contributed by atoms with E-state index in [1.54, 1.807) is 19.2 Å². The highest BCUT2D eigenvalue weighted by molar-refractivity contribution is 5.56. The van der Waals surface area contributed by atoms with Crippen LogP contribution in [0.2, 0.25) is 0 Å². The molecule has 2 aromatic rings. The Labute approximate surface area is 82.0 Å². The maximum Gasteiger partial charge on any atom is 0.139 e. The predicted molar refractivity (Wildman–Crippen MR) is 53.3 cm³/mol. The molecular weight excluding hydrogens is 179 g/mol. The van der Waals surface area contributed by atoms with Gasteiger partial charge in [-0.1, -0.05) is 12.1 Å². The topological polar surface area (TPSA) is 17.8 Å². The summed E-state index contributed by atoms with van der Waals surface area (Å²) in [7, 11) is 1.89. The van der Waals surface area contributed by atoms with Crippen LogP contribution in [0.1, 0.15) is 5.56 Å². The van der Waals surface area contributed by atoms with Crippen molar-refractivity contribution >= 4 is 0 Å². The zero-order chi connectivity index (χ0) is 10.1. The van der Waals surface area contributed by atoms with Gasteiger partial charge >= 0.3 is 0 Å². The highest BCUT2D eigenvalue weighted by Gasteiger charge is 2.05. The molecule has 0 saturated heterocycles. The standard InChI is InChI=1S/C11H11FN2/c1-8-3-4-9(7-10(8)12)11-13-5-6-14(11)2/h3-7H,1-2H3. The first kappa shape index (κ1) is 8.94. The molecule has 3 heteroatoms. The summed E-state index contributed by atoms with van der Waals surface area (Å²) in [5, 5.41) is 0. The van der Waals surface area contributed by atoms with Crippen molar-refractivity contribution in [3.8, 4) is 11.4 Å². The third kappa shape index (κ3) is 1.41. The Hall–Kier alpha value is -1.64. The fourth-order valence-corrected chi connectivity index (χ4v) is 1.38. The van der Waals surface area contributed by atoms with Crippen LogP contribution in [0.15, 0.2) is 30.6 Å². The van der Waals surface area contributed by atoms with Gasteiger partial charge in [-0.05, 0) is 18.6 Å². The fourth-order valence-electron chi connectivity index (χ4n) is 1.38. The van der Waals surface area contributed by atoms with Crippen molar-refractivity contribution in [2.75, 3.05) is 0 Å². The van der Waals surface area contributed by atoms with Crippen LogP contribution in [0.25, 0.3) is 11.4 Å². The molecule has 0 bridgehead atoms. The monoisotopic (exact) mass is 190 g/mol. The van der Waals surface area contributed by atoms with Gasteiger partial charge in [0.2, 0.25) is 0 Å². The van der Waals surface area contributed by atoms with Crippen molar-refractivity contribution in [2.24, 2.45) is 7.05 Å². The molecule has 0 atom stereocenters. The van der Waals surface area contributed by atoms with Crippen LogP contribution in [-0.4, -0.2) is 9.55 Å². The molecule has 1 aromatic carbocycles.